The minimum atomic E-state index is 0.0374. The number of nitrogens with zero attached hydrogens (tertiary/aromatic N) is 2. The van der Waals surface area contributed by atoms with Gasteiger partial charge in [-0.25, -0.2) is 0 Å². The third-order valence-electron chi connectivity index (χ3n) is 9.76. The van der Waals surface area contributed by atoms with E-state index in [1.165, 1.54) is 36.1 Å². The van der Waals surface area contributed by atoms with Gasteiger partial charge in [-0.15, -0.1) is 0 Å². The smallest absolute Gasteiger partial charge is 0.310 e. The molecule has 5 fully saturated rings. The summed E-state index contributed by atoms with van der Waals surface area (Å²) < 4.78 is 12.1. The molecule has 6 atom stereocenters. The summed E-state index contributed by atoms with van der Waals surface area (Å²) in [6.07, 6.45) is 6.00. The van der Waals surface area contributed by atoms with Gasteiger partial charge in [0.15, 0.2) is 0 Å². The largest absolute Gasteiger partial charge is 0.462 e. The lowest BCUT2D eigenvalue weighted by Gasteiger charge is -2.51. The van der Waals surface area contributed by atoms with Crippen molar-refractivity contribution in [1.29, 1.82) is 0 Å². The van der Waals surface area contributed by atoms with Gasteiger partial charge in [0.05, 0.1) is 18.1 Å². The first-order chi connectivity index (χ1) is 15.4. The first-order valence-corrected chi connectivity index (χ1v) is 12.8. The van der Waals surface area contributed by atoms with Crippen molar-refractivity contribution >= 4 is 11.7 Å². The maximum atomic E-state index is 13.0. The Morgan fingerprint density at radius 1 is 1.09 bits per heavy atom. The third-order valence-corrected chi connectivity index (χ3v) is 9.76. The molecule has 32 heavy (non-hydrogen) atoms. The predicted octanol–water partition coefficient (Wildman–Crippen LogP) is 3.95. The number of anilines is 1. The number of carbonyl (C=O) groups excluding carboxylic acids is 1. The molecule has 0 radical (unpaired) electrons. The van der Waals surface area contributed by atoms with Crippen LogP contribution in [0, 0.1) is 37.0 Å². The number of esters is 1. The Morgan fingerprint density at radius 3 is 2.59 bits per heavy atom. The number of rotatable bonds is 3. The van der Waals surface area contributed by atoms with E-state index in [2.05, 4.69) is 48.8 Å². The Balaban J connectivity index is 1.11. The van der Waals surface area contributed by atoms with Gasteiger partial charge < -0.3 is 14.4 Å². The molecule has 0 aromatic heterocycles. The van der Waals surface area contributed by atoms with Gasteiger partial charge in [0, 0.05) is 44.3 Å². The number of hydrogen-bond acceptors (Lipinski definition) is 5. The maximum absolute atomic E-state index is 13.0. The van der Waals surface area contributed by atoms with Gasteiger partial charge in [0.25, 0.3) is 0 Å². The van der Waals surface area contributed by atoms with Gasteiger partial charge in [-0.2, -0.15) is 0 Å². The second kappa shape index (κ2) is 7.46. The van der Waals surface area contributed by atoms with E-state index < -0.39 is 0 Å². The highest BCUT2D eigenvalue weighted by Crippen LogP contribution is 2.62. The van der Waals surface area contributed by atoms with E-state index in [4.69, 9.17) is 9.47 Å². The number of hydrogen-bond donors (Lipinski definition) is 0. The van der Waals surface area contributed by atoms with E-state index in [0.29, 0.717) is 11.8 Å². The molecule has 1 spiro atoms. The number of benzene rings is 1. The minimum absolute atomic E-state index is 0.0374. The van der Waals surface area contributed by atoms with Crippen molar-refractivity contribution in [3.63, 3.8) is 0 Å². The van der Waals surface area contributed by atoms with Crippen LogP contribution in [0.3, 0.4) is 0 Å². The van der Waals surface area contributed by atoms with Gasteiger partial charge >= 0.3 is 5.97 Å². The molecule has 174 valence electrons. The highest BCUT2D eigenvalue weighted by molar-refractivity contribution is 5.75. The number of fused-ring (bicyclic) bond motifs is 3. The van der Waals surface area contributed by atoms with Gasteiger partial charge in [-0.3, -0.25) is 9.69 Å². The summed E-state index contributed by atoms with van der Waals surface area (Å²) in [7, 11) is 0. The SMILES string of the molecule is Cc1ccc(N2CCN(C[C@H]3C(=O)O[C@@H]4C[C@@]5(C)CCC[C@]6(CO6)[C@@H]5C[C@@H]43)CC2)cc1C. The molecule has 3 saturated heterocycles. The van der Waals surface area contributed by atoms with Crippen molar-refractivity contribution in [3.05, 3.63) is 29.3 Å². The average molecular weight is 439 g/mol. The Kier molecular flexibility index (Phi) is 4.89. The topological polar surface area (TPSA) is 45.3 Å². The summed E-state index contributed by atoms with van der Waals surface area (Å²) in [6.45, 7) is 12.7. The maximum Gasteiger partial charge on any atom is 0.310 e. The van der Waals surface area contributed by atoms with Gasteiger partial charge in [-0.1, -0.05) is 13.0 Å². The van der Waals surface area contributed by atoms with Gasteiger partial charge in [0.1, 0.15) is 6.10 Å². The lowest BCUT2D eigenvalue weighted by atomic mass is 9.53. The van der Waals surface area contributed by atoms with Crippen LogP contribution in [0.2, 0.25) is 0 Å². The summed E-state index contributed by atoms with van der Waals surface area (Å²) in [4.78, 5) is 18.0. The number of epoxide rings is 1. The first kappa shape index (κ1) is 21.0. The fraction of sp³-hybridized carbons (Fsp3) is 0.741. The Morgan fingerprint density at radius 2 is 1.88 bits per heavy atom. The van der Waals surface area contributed by atoms with E-state index >= 15 is 0 Å². The molecule has 5 heteroatoms. The molecule has 3 aliphatic heterocycles. The average Bonchev–Trinajstić information content (AvgIpc) is 3.47. The Hall–Kier alpha value is -1.59. The molecule has 5 nitrogen and oxygen atoms in total. The van der Waals surface area contributed by atoms with E-state index in [9.17, 15) is 4.79 Å². The number of ether oxygens (including phenoxy) is 2. The molecule has 1 aromatic carbocycles. The standard InChI is InChI=1S/C27H38N2O3/c1-18-5-6-20(13-19(18)2)29-11-9-28(10-12-29)16-22-21-14-24-26(3,15-23(21)32-25(22)30)7-4-8-27(24)17-31-27/h5-6,13,21-24H,4,7-12,14-17H2,1-3H3/t21-,22-,23-,24-,26-,27+/m1/s1. The van der Waals surface area contributed by atoms with Crippen LogP contribution < -0.4 is 4.90 Å². The van der Waals surface area contributed by atoms with Crippen LogP contribution in [0.25, 0.3) is 0 Å². The normalized spacial score (nSPS) is 41.3. The molecule has 1 aromatic rings. The molecular formula is C27H38N2O3. The Labute approximate surface area is 192 Å². The highest BCUT2D eigenvalue weighted by atomic mass is 16.6. The van der Waals surface area contributed by atoms with E-state index in [-0.39, 0.29) is 29.0 Å². The monoisotopic (exact) mass is 438 g/mol. The van der Waals surface area contributed by atoms with Crippen LogP contribution in [-0.2, 0) is 14.3 Å². The van der Waals surface area contributed by atoms with E-state index in [1.807, 2.05) is 0 Å². The molecule has 0 amide bonds. The van der Waals surface area contributed by atoms with Crippen LogP contribution in [0.4, 0.5) is 5.69 Å². The zero-order valence-electron chi connectivity index (χ0n) is 19.9. The molecule has 0 N–H and O–H groups in total. The summed E-state index contributed by atoms with van der Waals surface area (Å²) in [5, 5.41) is 0. The summed E-state index contributed by atoms with van der Waals surface area (Å²) in [5.74, 6) is 1.07. The van der Waals surface area contributed by atoms with Crippen molar-refractivity contribution in [2.75, 3.05) is 44.2 Å². The van der Waals surface area contributed by atoms with Gasteiger partial charge in [0.2, 0.25) is 0 Å². The van der Waals surface area contributed by atoms with E-state index in [1.54, 1.807) is 0 Å². The predicted molar refractivity (Wildman–Crippen MR) is 125 cm³/mol. The van der Waals surface area contributed by atoms with Crippen molar-refractivity contribution in [3.8, 4) is 0 Å². The second-order valence-corrected chi connectivity index (χ2v) is 11.7. The van der Waals surface area contributed by atoms with Crippen molar-refractivity contribution in [1.82, 2.24) is 4.90 Å². The molecule has 5 aliphatic rings. The number of piperazine rings is 1. The van der Waals surface area contributed by atoms with Crippen molar-refractivity contribution < 1.29 is 14.3 Å². The highest BCUT2D eigenvalue weighted by Gasteiger charge is 2.65. The summed E-state index contributed by atoms with van der Waals surface area (Å²) in [5.41, 5.74) is 4.44. The zero-order valence-corrected chi connectivity index (χ0v) is 19.9. The fourth-order valence-corrected chi connectivity index (χ4v) is 7.55. The molecule has 3 heterocycles. The Bertz CT molecular complexity index is 904. The lowest BCUT2D eigenvalue weighted by molar-refractivity contribution is -0.147. The van der Waals surface area contributed by atoms with Crippen LogP contribution >= 0.6 is 0 Å². The van der Waals surface area contributed by atoms with Gasteiger partial charge in [-0.05, 0) is 80.5 Å². The second-order valence-electron chi connectivity index (χ2n) is 11.7. The number of carbonyl (C=O) groups is 1. The first-order valence-electron chi connectivity index (χ1n) is 12.8. The molecule has 2 saturated carbocycles. The summed E-state index contributed by atoms with van der Waals surface area (Å²) in [6, 6.07) is 6.78. The molecular weight excluding hydrogens is 400 g/mol. The van der Waals surface area contributed by atoms with Crippen LogP contribution in [0.1, 0.15) is 50.2 Å². The van der Waals surface area contributed by atoms with Crippen LogP contribution in [0.5, 0.6) is 0 Å². The molecule has 2 aliphatic carbocycles. The minimum Gasteiger partial charge on any atom is -0.462 e. The van der Waals surface area contributed by atoms with E-state index in [0.717, 1.165) is 52.2 Å². The molecule has 0 unspecified atom stereocenters. The molecule has 0 bridgehead atoms. The lowest BCUT2D eigenvalue weighted by Crippen LogP contribution is -2.52. The zero-order chi connectivity index (χ0) is 22.1. The van der Waals surface area contributed by atoms with Crippen molar-refractivity contribution in [2.45, 2.75) is 64.6 Å². The quantitative estimate of drug-likeness (QED) is 0.528. The summed E-state index contributed by atoms with van der Waals surface area (Å²) >= 11 is 0. The number of aryl methyl sites for hydroxylation is 2. The van der Waals surface area contributed by atoms with Crippen LogP contribution in [-0.4, -0.2) is 61.9 Å². The van der Waals surface area contributed by atoms with Crippen LogP contribution in [0.15, 0.2) is 18.2 Å². The third kappa shape index (κ3) is 3.38. The van der Waals surface area contributed by atoms with Crippen molar-refractivity contribution in [2.24, 2.45) is 23.2 Å². The fourth-order valence-electron chi connectivity index (χ4n) is 7.55. The molecule has 6 rings (SSSR count).